The Morgan fingerprint density at radius 2 is 2.39 bits per heavy atom. The largest absolute Gasteiger partial charge is 0.467 e. The summed E-state index contributed by atoms with van der Waals surface area (Å²) in [7, 11) is 0. The molecule has 1 aliphatic heterocycles. The molecule has 0 bridgehead atoms. The summed E-state index contributed by atoms with van der Waals surface area (Å²) >= 11 is 3.08. The van der Waals surface area contributed by atoms with Crippen molar-refractivity contribution in [2.24, 2.45) is 0 Å². The molecule has 3 aromatic rings. The standard InChI is InChI=1S/C19H22N4O3S2/c1-13-8-14(11-27-13)18-21-22-19(23(18)10-16-5-3-7-26-16)28-12-17(24)20-9-15-4-2-6-25-15/h2,4,6,8,11,16H,3,5,7,9-10,12H2,1H3,(H,20,24). The lowest BCUT2D eigenvalue weighted by Gasteiger charge is -2.14. The van der Waals surface area contributed by atoms with Gasteiger partial charge >= 0.3 is 0 Å². The molecule has 1 fully saturated rings. The van der Waals surface area contributed by atoms with E-state index in [1.54, 1.807) is 23.7 Å². The second-order valence-corrected chi connectivity index (χ2v) is 8.70. The summed E-state index contributed by atoms with van der Waals surface area (Å²) in [5.41, 5.74) is 1.06. The molecular formula is C19H22N4O3S2. The molecule has 1 aliphatic rings. The highest BCUT2D eigenvalue weighted by Gasteiger charge is 2.22. The summed E-state index contributed by atoms with van der Waals surface area (Å²) < 4.78 is 13.1. The second-order valence-electron chi connectivity index (χ2n) is 6.64. The molecule has 0 spiro atoms. The van der Waals surface area contributed by atoms with E-state index in [-0.39, 0.29) is 17.8 Å². The van der Waals surface area contributed by atoms with Crippen molar-refractivity contribution >= 4 is 29.0 Å². The van der Waals surface area contributed by atoms with Crippen LogP contribution in [-0.2, 0) is 22.6 Å². The van der Waals surface area contributed by atoms with Crippen LogP contribution in [0.3, 0.4) is 0 Å². The molecule has 7 nitrogen and oxygen atoms in total. The molecule has 3 aromatic heterocycles. The average molecular weight is 419 g/mol. The number of carbonyl (C=O) groups is 1. The predicted molar refractivity (Wildman–Crippen MR) is 108 cm³/mol. The Balaban J connectivity index is 1.44. The van der Waals surface area contributed by atoms with Crippen LogP contribution in [0.15, 0.2) is 39.4 Å². The zero-order valence-electron chi connectivity index (χ0n) is 15.6. The average Bonchev–Trinajstić information content (AvgIpc) is 3.47. The fraction of sp³-hybridized carbons (Fsp3) is 0.421. The first-order valence-electron chi connectivity index (χ1n) is 9.21. The molecule has 1 amide bonds. The normalized spacial score (nSPS) is 16.5. The van der Waals surface area contributed by atoms with Crippen LogP contribution < -0.4 is 5.32 Å². The maximum absolute atomic E-state index is 12.2. The van der Waals surface area contributed by atoms with Gasteiger partial charge in [-0.15, -0.1) is 21.5 Å². The number of thiophene rings is 1. The maximum Gasteiger partial charge on any atom is 0.230 e. The summed E-state index contributed by atoms with van der Waals surface area (Å²) in [4.78, 5) is 13.4. The van der Waals surface area contributed by atoms with E-state index in [9.17, 15) is 4.79 Å². The number of ether oxygens (including phenoxy) is 1. The first-order valence-corrected chi connectivity index (χ1v) is 11.1. The quantitative estimate of drug-likeness (QED) is 0.564. The Bertz CT molecular complexity index is 914. The molecule has 4 rings (SSSR count). The second kappa shape index (κ2) is 8.93. The van der Waals surface area contributed by atoms with Crippen molar-refractivity contribution in [3.63, 3.8) is 0 Å². The van der Waals surface area contributed by atoms with Crippen molar-refractivity contribution in [1.82, 2.24) is 20.1 Å². The maximum atomic E-state index is 12.2. The lowest BCUT2D eigenvalue weighted by Crippen LogP contribution is -2.24. The number of carbonyl (C=O) groups excluding carboxylic acids is 1. The van der Waals surface area contributed by atoms with Gasteiger partial charge in [0.25, 0.3) is 0 Å². The van der Waals surface area contributed by atoms with Gasteiger partial charge in [0.15, 0.2) is 11.0 Å². The van der Waals surface area contributed by atoms with Crippen molar-refractivity contribution in [2.45, 2.75) is 44.1 Å². The Kier molecular flexibility index (Phi) is 6.13. The topological polar surface area (TPSA) is 82.2 Å². The van der Waals surface area contributed by atoms with Crippen LogP contribution in [0.25, 0.3) is 11.4 Å². The van der Waals surface area contributed by atoms with E-state index in [0.29, 0.717) is 13.1 Å². The third kappa shape index (κ3) is 4.65. The van der Waals surface area contributed by atoms with Gasteiger partial charge in [0, 0.05) is 22.4 Å². The van der Waals surface area contributed by atoms with Crippen LogP contribution in [0, 0.1) is 6.92 Å². The molecule has 0 aromatic carbocycles. The van der Waals surface area contributed by atoms with E-state index < -0.39 is 0 Å². The third-order valence-electron chi connectivity index (χ3n) is 4.49. The number of thioether (sulfide) groups is 1. The van der Waals surface area contributed by atoms with Crippen LogP contribution in [0.2, 0.25) is 0 Å². The highest BCUT2D eigenvalue weighted by molar-refractivity contribution is 7.99. The Labute approximate surface area is 171 Å². The minimum absolute atomic E-state index is 0.0685. The first-order chi connectivity index (χ1) is 13.7. The Morgan fingerprint density at radius 1 is 1.46 bits per heavy atom. The lowest BCUT2D eigenvalue weighted by molar-refractivity contribution is -0.118. The number of nitrogens with one attached hydrogen (secondary N) is 1. The van der Waals surface area contributed by atoms with E-state index in [4.69, 9.17) is 9.15 Å². The van der Waals surface area contributed by atoms with E-state index in [0.717, 1.165) is 41.8 Å². The number of rotatable bonds is 8. The van der Waals surface area contributed by atoms with Gasteiger partial charge in [-0.1, -0.05) is 11.8 Å². The summed E-state index contributed by atoms with van der Waals surface area (Å²) in [5.74, 6) is 1.77. The van der Waals surface area contributed by atoms with Crippen LogP contribution in [0.4, 0.5) is 0 Å². The number of amides is 1. The van der Waals surface area contributed by atoms with E-state index in [2.05, 4.69) is 38.5 Å². The molecule has 148 valence electrons. The van der Waals surface area contributed by atoms with Crippen LogP contribution >= 0.6 is 23.1 Å². The highest BCUT2D eigenvalue weighted by atomic mass is 32.2. The van der Waals surface area contributed by atoms with Crippen LogP contribution in [0.5, 0.6) is 0 Å². The van der Waals surface area contributed by atoms with Crippen molar-refractivity contribution in [3.8, 4) is 11.4 Å². The van der Waals surface area contributed by atoms with Gasteiger partial charge in [-0.05, 0) is 38.0 Å². The van der Waals surface area contributed by atoms with Gasteiger partial charge in [0.1, 0.15) is 5.76 Å². The molecule has 0 radical (unpaired) electrons. The Morgan fingerprint density at radius 3 is 3.11 bits per heavy atom. The van der Waals surface area contributed by atoms with Crippen molar-refractivity contribution < 1.29 is 13.9 Å². The summed E-state index contributed by atoms with van der Waals surface area (Å²) in [6, 6.07) is 5.75. The van der Waals surface area contributed by atoms with Crippen LogP contribution in [-0.4, -0.2) is 39.1 Å². The van der Waals surface area contributed by atoms with Gasteiger partial charge < -0.3 is 14.5 Å². The van der Waals surface area contributed by atoms with Gasteiger partial charge in [0.2, 0.25) is 5.91 Å². The minimum atomic E-state index is -0.0685. The number of aromatic nitrogens is 3. The zero-order valence-corrected chi connectivity index (χ0v) is 17.2. The molecule has 1 saturated heterocycles. The first kappa shape index (κ1) is 19.2. The molecule has 0 saturated carbocycles. The molecule has 28 heavy (non-hydrogen) atoms. The number of nitrogens with zero attached hydrogens (tertiary/aromatic N) is 3. The van der Waals surface area contributed by atoms with Crippen LogP contribution in [0.1, 0.15) is 23.5 Å². The molecule has 9 heteroatoms. The summed E-state index contributed by atoms with van der Waals surface area (Å²) in [6.07, 6.45) is 3.88. The summed E-state index contributed by atoms with van der Waals surface area (Å²) in [5, 5.41) is 14.4. The predicted octanol–water partition coefficient (Wildman–Crippen LogP) is 3.50. The number of hydrogen-bond donors (Lipinski definition) is 1. The molecular weight excluding hydrogens is 396 g/mol. The number of aryl methyl sites for hydroxylation is 1. The highest BCUT2D eigenvalue weighted by Crippen LogP contribution is 2.29. The summed E-state index contributed by atoms with van der Waals surface area (Å²) in [6.45, 7) is 3.97. The molecule has 1 N–H and O–H groups in total. The van der Waals surface area contributed by atoms with Crippen molar-refractivity contribution in [1.29, 1.82) is 0 Å². The van der Waals surface area contributed by atoms with Crippen molar-refractivity contribution in [2.75, 3.05) is 12.4 Å². The monoisotopic (exact) mass is 418 g/mol. The van der Waals surface area contributed by atoms with Gasteiger partial charge in [-0.25, -0.2) is 0 Å². The number of hydrogen-bond acceptors (Lipinski definition) is 7. The number of furan rings is 1. The van der Waals surface area contributed by atoms with Gasteiger partial charge in [0.05, 0.1) is 31.2 Å². The molecule has 1 unspecified atom stereocenters. The minimum Gasteiger partial charge on any atom is -0.467 e. The fourth-order valence-electron chi connectivity index (χ4n) is 3.11. The molecule has 1 atom stereocenters. The Hall–Kier alpha value is -2.10. The van der Waals surface area contributed by atoms with Crippen molar-refractivity contribution in [3.05, 3.63) is 40.5 Å². The fourth-order valence-corrected chi connectivity index (χ4v) is 4.57. The van der Waals surface area contributed by atoms with E-state index in [1.807, 2.05) is 6.07 Å². The SMILES string of the molecule is Cc1cc(-c2nnc(SCC(=O)NCc3ccco3)n2CC2CCCO2)cs1. The molecule has 4 heterocycles. The van der Waals surface area contributed by atoms with E-state index >= 15 is 0 Å². The smallest absolute Gasteiger partial charge is 0.230 e. The van der Waals surface area contributed by atoms with Gasteiger partial charge in [-0.2, -0.15) is 0 Å². The molecule has 0 aliphatic carbocycles. The van der Waals surface area contributed by atoms with E-state index in [1.165, 1.54) is 16.6 Å². The third-order valence-corrected chi connectivity index (χ3v) is 6.32. The van der Waals surface area contributed by atoms with Gasteiger partial charge in [-0.3, -0.25) is 9.36 Å². The zero-order chi connectivity index (χ0) is 19.3. The lowest BCUT2D eigenvalue weighted by atomic mass is 10.2.